The standard InChI is InChI=1S/C28H30ClN3O2/c1-20-16-21(2)18-24(17-20)34-15-7-14-32-26-11-4-3-10-25(26)31-27(32)12-6-13-30-28(33)22-8-5-9-23(29)19-22/h3-5,8-11,16-19H,6-7,12-15H2,1-2H3,(H,30,33). The minimum atomic E-state index is -0.112. The predicted octanol–water partition coefficient (Wildman–Crippen LogP) is 6.14. The summed E-state index contributed by atoms with van der Waals surface area (Å²) in [7, 11) is 0. The molecule has 0 aliphatic carbocycles. The lowest BCUT2D eigenvalue weighted by Crippen LogP contribution is -2.25. The third kappa shape index (κ3) is 6.17. The minimum absolute atomic E-state index is 0.112. The van der Waals surface area contributed by atoms with Gasteiger partial charge in [-0.2, -0.15) is 0 Å². The molecule has 0 saturated heterocycles. The van der Waals surface area contributed by atoms with Crippen LogP contribution in [0.3, 0.4) is 0 Å². The molecule has 0 aliphatic rings. The molecule has 1 amide bonds. The number of ether oxygens (including phenoxy) is 1. The number of hydrogen-bond acceptors (Lipinski definition) is 3. The molecule has 1 N–H and O–H groups in total. The SMILES string of the molecule is Cc1cc(C)cc(OCCCn2c(CCCNC(=O)c3cccc(Cl)c3)nc3ccccc32)c1. The summed E-state index contributed by atoms with van der Waals surface area (Å²) in [5, 5.41) is 3.53. The Morgan fingerprint density at radius 2 is 1.79 bits per heavy atom. The fourth-order valence-electron chi connectivity index (χ4n) is 4.17. The summed E-state index contributed by atoms with van der Waals surface area (Å²) in [6.07, 6.45) is 2.46. The van der Waals surface area contributed by atoms with Crippen LogP contribution < -0.4 is 10.1 Å². The van der Waals surface area contributed by atoms with Crippen LogP contribution in [0.5, 0.6) is 5.75 Å². The quantitative estimate of drug-likeness (QED) is 0.280. The maximum atomic E-state index is 12.3. The normalized spacial score (nSPS) is 11.0. The molecule has 0 fully saturated rings. The lowest BCUT2D eigenvalue weighted by Gasteiger charge is -2.12. The van der Waals surface area contributed by atoms with E-state index >= 15 is 0 Å². The molecule has 6 heteroatoms. The number of para-hydroxylation sites is 2. The number of halogens is 1. The zero-order chi connectivity index (χ0) is 23.9. The van der Waals surface area contributed by atoms with Crippen molar-refractivity contribution >= 4 is 28.5 Å². The van der Waals surface area contributed by atoms with E-state index in [-0.39, 0.29) is 5.91 Å². The van der Waals surface area contributed by atoms with Gasteiger partial charge in [0.05, 0.1) is 17.6 Å². The fraction of sp³-hybridized carbons (Fsp3) is 0.286. The van der Waals surface area contributed by atoms with Crippen molar-refractivity contribution in [2.24, 2.45) is 0 Å². The molecular formula is C28H30ClN3O2. The van der Waals surface area contributed by atoms with Crippen molar-refractivity contribution in [3.8, 4) is 5.75 Å². The van der Waals surface area contributed by atoms with E-state index in [4.69, 9.17) is 21.3 Å². The molecule has 0 atom stereocenters. The number of imidazole rings is 1. The molecule has 0 unspecified atom stereocenters. The van der Waals surface area contributed by atoms with Crippen molar-refractivity contribution in [3.05, 3.63) is 94.3 Å². The molecule has 176 valence electrons. The average Bonchev–Trinajstić information content (AvgIpc) is 3.16. The molecule has 5 nitrogen and oxygen atoms in total. The summed E-state index contributed by atoms with van der Waals surface area (Å²) in [5.74, 6) is 1.84. The van der Waals surface area contributed by atoms with E-state index in [2.05, 4.69) is 48.0 Å². The first-order valence-corrected chi connectivity index (χ1v) is 12.1. The molecule has 1 aromatic heterocycles. The Labute approximate surface area is 205 Å². The largest absolute Gasteiger partial charge is 0.494 e. The highest BCUT2D eigenvalue weighted by Crippen LogP contribution is 2.19. The number of benzene rings is 3. The zero-order valence-electron chi connectivity index (χ0n) is 19.7. The minimum Gasteiger partial charge on any atom is -0.494 e. The van der Waals surface area contributed by atoms with Crippen LogP contribution in [0.1, 0.15) is 40.2 Å². The summed E-state index contributed by atoms with van der Waals surface area (Å²) in [5.41, 5.74) is 5.12. The van der Waals surface area contributed by atoms with E-state index in [9.17, 15) is 4.79 Å². The van der Waals surface area contributed by atoms with E-state index in [1.54, 1.807) is 24.3 Å². The van der Waals surface area contributed by atoms with Crippen molar-refractivity contribution in [3.63, 3.8) is 0 Å². The lowest BCUT2D eigenvalue weighted by atomic mass is 10.1. The van der Waals surface area contributed by atoms with Crippen molar-refractivity contribution in [2.45, 2.75) is 39.7 Å². The molecule has 0 saturated carbocycles. The number of aromatic nitrogens is 2. The van der Waals surface area contributed by atoms with Gasteiger partial charge in [-0.25, -0.2) is 4.98 Å². The number of nitrogens with one attached hydrogen (secondary N) is 1. The van der Waals surface area contributed by atoms with Gasteiger partial charge >= 0.3 is 0 Å². The van der Waals surface area contributed by atoms with E-state index < -0.39 is 0 Å². The van der Waals surface area contributed by atoms with Gasteiger partial charge in [-0.1, -0.05) is 35.9 Å². The van der Waals surface area contributed by atoms with Crippen LogP contribution in [0.4, 0.5) is 0 Å². The molecule has 0 aliphatic heterocycles. The molecule has 3 aromatic carbocycles. The Hall–Kier alpha value is -3.31. The van der Waals surface area contributed by atoms with Gasteiger partial charge in [0, 0.05) is 30.1 Å². The second kappa shape index (κ2) is 11.2. The smallest absolute Gasteiger partial charge is 0.251 e. The van der Waals surface area contributed by atoms with Crippen molar-refractivity contribution in [2.75, 3.05) is 13.2 Å². The summed E-state index contributed by atoms with van der Waals surface area (Å²) in [6, 6.07) is 21.5. The van der Waals surface area contributed by atoms with Crippen molar-refractivity contribution < 1.29 is 9.53 Å². The number of fused-ring (bicyclic) bond motifs is 1. The highest BCUT2D eigenvalue weighted by atomic mass is 35.5. The van der Waals surface area contributed by atoms with Crippen LogP contribution in [0.25, 0.3) is 11.0 Å². The number of carbonyl (C=O) groups is 1. The molecular weight excluding hydrogens is 446 g/mol. The van der Waals surface area contributed by atoms with Crippen molar-refractivity contribution in [1.29, 1.82) is 0 Å². The van der Waals surface area contributed by atoms with Crippen LogP contribution in [-0.4, -0.2) is 28.6 Å². The third-order valence-electron chi connectivity index (χ3n) is 5.67. The molecule has 0 spiro atoms. The number of nitrogens with zero attached hydrogens (tertiary/aromatic N) is 2. The molecule has 0 radical (unpaired) electrons. The highest BCUT2D eigenvalue weighted by molar-refractivity contribution is 6.30. The van der Waals surface area contributed by atoms with E-state index in [1.807, 2.05) is 18.2 Å². The zero-order valence-corrected chi connectivity index (χ0v) is 20.4. The first-order chi connectivity index (χ1) is 16.5. The van der Waals surface area contributed by atoms with Crippen LogP contribution in [0.15, 0.2) is 66.7 Å². The van der Waals surface area contributed by atoms with Crippen LogP contribution in [0, 0.1) is 13.8 Å². The third-order valence-corrected chi connectivity index (χ3v) is 5.91. The Morgan fingerprint density at radius 3 is 2.59 bits per heavy atom. The van der Waals surface area contributed by atoms with Crippen LogP contribution in [-0.2, 0) is 13.0 Å². The van der Waals surface area contributed by atoms with E-state index in [0.717, 1.165) is 48.4 Å². The topological polar surface area (TPSA) is 56.1 Å². The Morgan fingerprint density at radius 1 is 1.00 bits per heavy atom. The molecule has 4 rings (SSSR count). The Bertz CT molecular complexity index is 1260. The number of hydrogen-bond donors (Lipinski definition) is 1. The van der Waals surface area contributed by atoms with Gasteiger partial charge in [0.1, 0.15) is 11.6 Å². The summed E-state index contributed by atoms with van der Waals surface area (Å²) in [6.45, 7) is 6.22. The molecule has 4 aromatic rings. The second-order valence-electron chi connectivity index (χ2n) is 8.56. The summed E-state index contributed by atoms with van der Waals surface area (Å²) >= 11 is 5.99. The number of amides is 1. The van der Waals surface area contributed by atoms with Gasteiger partial charge in [-0.15, -0.1) is 0 Å². The summed E-state index contributed by atoms with van der Waals surface area (Å²) < 4.78 is 8.28. The van der Waals surface area contributed by atoms with E-state index in [0.29, 0.717) is 23.7 Å². The number of aryl methyl sites for hydroxylation is 4. The molecule has 1 heterocycles. The monoisotopic (exact) mass is 475 g/mol. The maximum Gasteiger partial charge on any atom is 0.251 e. The lowest BCUT2D eigenvalue weighted by molar-refractivity contribution is 0.0953. The van der Waals surface area contributed by atoms with Gasteiger partial charge in [-0.05, 0) is 80.3 Å². The first kappa shape index (κ1) is 23.8. The van der Waals surface area contributed by atoms with Crippen molar-refractivity contribution in [1.82, 2.24) is 14.9 Å². The van der Waals surface area contributed by atoms with Gasteiger partial charge in [-0.3, -0.25) is 4.79 Å². The van der Waals surface area contributed by atoms with Gasteiger partial charge in [0.15, 0.2) is 0 Å². The number of carbonyl (C=O) groups excluding carboxylic acids is 1. The fourth-order valence-corrected chi connectivity index (χ4v) is 4.37. The first-order valence-electron chi connectivity index (χ1n) is 11.7. The predicted molar refractivity (Wildman–Crippen MR) is 138 cm³/mol. The van der Waals surface area contributed by atoms with Crippen LogP contribution in [0.2, 0.25) is 5.02 Å². The highest BCUT2D eigenvalue weighted by Gasteiger charge is 2.11. The van der Waals surface area contributed by atoms with Gasteiger partial charge in [0.25, 0.3) is 5.91 Å². The maximum absolute atomic E-state index is 12.3. The Balaban J connectivity index is 1.33. The molecule has 34 heavy (non-hydrogen) atoms. The van der Waals surface area contributed by atoms with Crippen LogP contribution >= 0.6 is 11.6 Å². The number of rotatable bonds is 10. The average molecular weight is 476 g/mol. The van der Waals surface area contributed by atoms with Gasteiger partial charge < -0.3 is 14.6 Å². The second-order valence-corrected chi connectivity index (χ2v) is 9.00. The Kier molecular flexibility index (Phi) is 7.86. The molecule has 0 bridgehead atoms. The van der Waals surface area contributed by atoms with Gasteiger partial charge in [0.2, 0.25) is 0 Å². The van der Waals surface area contributed by atoms with E-state index in [1.165, 1.54) is 11.1 Å². The summed E-state index contributed by atoms with van der Waals surface area (Å²) in [4.78, 5) is 17.2.